The number of thioether (sulfide) groups is 1. The molecule has 1 atom stereocenters. The largest absolute Gasteiger partial charge is 0.328 e. The number of allylic oxidation sites excluding steroid dienone is 2. The molecule has 25 heavy (non-hydrogen) atoms. The number of nitrogens with one attached hydrogen (secondary N) is 1. The highest BCUT2D eigenvalue weighted by Gasteiger charge is 2.41. The van der Waals surface area contributed by atoms with E-state index in [0.29, 0.717) is 22.5 Å². The van der Waals surface area contributed by atoms with Crippen LogP contribution >= 0.6 is 23.4 Å². The molecular formula is C18H19ClN4OS. The summed E-state index contributed by atoms with van der Waals surface area (Å²) in [5.41, 5.74) is 2.63. The summed E-state index contributed by atoms with van der Waals surface area (Å²) in [4.78, 5) is 17.6. The third kappa shape index (κ3) is 2.87. The first-order valence-electron chi connectivity index (χ1n) is 8.17. The van der Waals surface area contributed by atoms with Crippen LogP contribution in [0.3, 0.4) is 0 Å². The summed E-state index contributed by atoms with van der Waals surface area (Å²) in [6, 6.07) is 7.34. The van der Waals surface area contributed by atoms with Gasteiger partial charge in [-0.25, -0.2) is 4.68 Å². The van der Waals surface area contributed by atoms with Crippen molar-refractivity contribution in [2.24, 2.45) is 5.41 Å². The highest BCUT2D eigenvalue weighted by molar-refractivity contribution is 7.98. The molecule has 1 N–H and O–H groups in total. The van der Waals surface area contributed by atoms with Crippen LogP contribution in [0, 0.1) is 5.41 Å². The van der Waals surface area contributed by atoms with E-state index in [2.05, 4.69) is 29.2 Å². The molecule has 4 rings (SSSR count). The third-order valence-electron chi connectivity index (χ3n) is 4.66. The van der Waals surface area contributed by atoms with Gasteiger partial charge >= 0.3 is 0 Å². The fourth-order valence-corrected chi connectivity index (χ4v) is 4.21. The molecule has 5 nitrogen and oxygen atoms in total. The fourth-order valence-electron chi connectivity index (χ4n) is 3.66. The van der Waals surface area contributed by atoms with E-state index >= 15 is 0 Å². The number of carbonyl (C=O) groups is 1. The summed E-state index contributed by atoms with van der Waals surface area (Å²) in [5.74, 6) is 0.842. The van der Waals surface area contributed by atoms with Crippen LogP contribution in [0.5, 0.6) is 0 Å². The average molecular weight is 375 g/mol. The van der Waals surface area contributed by atoms with E-state index in [-0.39, 0.29) is 17.2 Å². The number of anilines is 1. The summed E-state index contributed by atoms with van der Waals surface area (Å²) >= 11 is 7.70. The molecule has 1 aliphatic heterocycles. The van der Waals surface area contributed by atoms with Gasteiger partial charge in [-0.15, -0.1) is 5.10 Å². The van der Waals surface area contributed by atoms with Crippen molar-refractivity contribution in [3.05, 3.63) is 46.1 Å². The minimum atomic E-state index is -0.290. The molecule has 0 fully saturated rings. The topological polar surface area (TPSA) is 59.8 Å². The van der Waals surface area contributed by atoms with E-state index in [0.717, 1.165) is 23.3 Å². The van der Waals surface area contributed by atoms with E-state index in [4.69, 9.17) is 11.6 Å². The number of nitrogens with zero attached hydrogens (tertiary/aromatic N) is 3. The smallest absolute Gasteiger partial charge is 0.227 e. The van der Waals surface area contributed by atoms with Gasteiger partial charge in [0.2, 0.25) is 11.1 Å². The van der Waals surface area contributed by atoms with Crippen molar-refractivity contribution >= 4 is 35.1 Å². The second-order valence-corrected chi connectivity index (χ2v) is 8.49. The molecule has 2 aliphatic rings. The van der Waals surface area contributed by atoms with Crippen LogP contribution in [0.2, 0.25) is 5.02 Å². The molecule has 7 heteroatoms. The van der Waals surface area contributed by atoms with Crippen molar-refractivity contribution in [1.82, 2.24) is 14.8 Å². The van der Waals surface area contributed by atoms with E-state index in [1.165, 1.54) is 11.8 Å². The van der Waals surface area contributed by atoms with E-state index in [9.17, 15) is 4.79 Å². The highest BCUT2D eigenvalue weighted by Crippen LogP contribution is 2.45. The van der Waals surface area contributed by atoms with Crippen LogP contribution in [0.4, 0.5) is 5.95 Å². The number of halogens is 1. The first kappa shape index (κ1) is 16.7. The van der Waals surface area contributed by atoms with Gasteiger partial charge in [-0.1, -0.05) is 49.3 Å². The predicted octanol–water partition coefficient (Wildman–Crippen LogP) is 4.31. The molecule has 0 saturated carbocycles. The zero-order valence-corrected chi connectivity index (χ0v) is 15.9. The van der Waals surface area contributed by atoms with Crippen molar-refractivity contribution in [2.45, 2.75) is 37.9 Å². The molecule has 0 spiro atoms. The van der Waals surface area contributed by atoms with Crippen LogP contribution in [0.25, 0.3) is 0 Å². The van der Waals surface area contributed by atoms with Crippen molar-refractivity contribution in [1.29, 1.82) is 0 Å². The number of carbonyl (C=O) groups excluding carboxylic acids is 1. The molecule has 0 saturated heterocycles. The Morgan fingerprint density at radius 3 is 2.88 bits per heavy atom. The van der Waals surface area contributed by atoms with Crippen LogP contribution in [0.1, 0.15) is 38.3 Å². The summed E-state index contributed by atoms with van der Waals surface area (Å²) in [6.45, 7) is 4.24. The van der Waals surface area contributed by atoms with Crippen LogP contribution in [-0.2, 0) is 4.79 Å². The molecule has 1 aromatic carbocycles. The highest BCUT2D eigenvalue weighted by atomic mass is 35.5. The standard InChI is InChI=1S/C18H19ClN4OS/c1-18(2)8-12-14(13(24)9-18)15(10-5-4-6-11(19)7-10)23-16(20-12)21-17(22-23)25-3/h4-7,15H,8-9H2,1-3H3,(H,20,21,22). The Morgan fingerprint density at radius 2 is 2.16 bits per heavy atom. The van der Waals surface area contributed by atoms with E-state index in [1.54, 1.807) is 0 Å². The number of ketones is 1. The van der Waals surface area contributed by atoms with Gasteiger partial charge < -0.3 is 5.32 Å². The normalized spacial score (nSPS) is 21.6. The Bertz CT molecular complexity index is 902. The quantitative estimate of drug-likeness (QED) is 0.793. The van der Waals surface area contributed by atoms with Gasteiger partial charge in [0.25, 0.3) is 0 Å². The minimum absolute atomic E-state index is 0.0632. The van der Waals surface area contributed by atoms with Crippen molar-refractivity contribution in [3.8, 4) is 0 Å². The lowest BCUT2D eigenvalue weighted by molar-refractivity contribution is -0.118. The average Bonchev–Trinajstić information content (AvgIpc) is 2.94. The fraction of sp³-hybridized carbons (Fsp3) is 0.389. The Kier molecular flexibility index (Phi) is 3.92. The Morgan fingerprint density at radius 1 is 1.36 bits per heavy atom. The molecule has 0 amide bonds. The van der Waals surface area contributed by atoms with Gasteiger partial charge in [0.15, 0.2) is 5.78 Å². The summed E-state index contributed by atoms with van der Waals surface area (Å²) in [7, 11) is 0. The van der Waals surface area contributed by atoms with Crippen molar-refractivity contribution in [3.63, 3.8) is 0 Å². The predicted molar refractivity (Wildman–Crippen MR) is 100 cm³/mol. The van der Waals surface area contributed by atoms with Crippen molar-refractivity contribution < 1.29 is 4.79 Å². The number of benzene rings is 1. The van der Waals surface area contributed by atoms with Gasteiger partial charge in [0.05, 0.1) is 0 Å². The van der Waals surface area contributed by atoms with Crippen LogP contribution in [-0.4, -0.2) is 26.8 Å². The summed E-state index contributed by atoms with van der Waals surface area (Å²) < 4.78 is 1.81. The monoisotopic (exact) mass is 374 g/mol. The SMILES string of the molecule is CSc1nc2n(n1)C(c1cccc(Cl)c1)C1=C(CC(C)(C)CC1=O)N2. The van der Waals surface area contributed by atoms with Gasteiger partial charge in [-0.3, -0.25) is 4.79 Å². The number of hydrogen-bond acceptors (Lipinski definition) is 5. The maximum atomic E-state index is 13.0. The molecule has 0 radical (unpaired) electrons. The summed E-state index contributed by atoms with van der Waals surface area (Å²) in [5, 5.41) is 9.28. The first-order valence-corrected chi connectivity index (χ1v) is 9.77. The Balaban J connectivity index is 1.92. The second-order valence-electron chi connectivity index (χ2n) is 7.28. The zero-order chi connectivity index (χ0) is 17.8. The summed E-state index contributed by atoms with van der Waals surface area (Å²) in [6.07, 6.45) is 3.29. The maximum absolute atomic E-state index is 13.0. The van der Waals surface area contributed by atoms with Crippen LogP contribution in [0.15, 0.2) is 40.7 Å². The molecule has 1 unspecified atom stereocenters. The maximum Gasteiger partial charge on any atom is 0.227 e. The lowest BCUT2D eigenvalue weighted by Gasteiger charge is -2.38. The van der Waals surface area contributed by atoms with Gasteiger partial charge in [0.1, 0.15) is 6.04 Å². The van der Waals surface area contributed by atoms with Gasteiger partial charge in [-0.2, -0.15) is 4.98 Å². The Labute approximate surface area is 155 Å². The molecule has 2 heterocycles. The second kappa shape index (κ2) is 5.88. The van der Waals surface area contributed by atoms with Gasteiger partial charge in [0, 0.05) is 22.7 Å². The number of aromatic nitrogens is 3. The Hall–Kier alpha value is -1.79. The first-order chi connectivity index (χ1) is 11.9. The number of Topliss-reactive ketones (excluding diaryl/α,β-unsaturated/α-hetero) is 1. The third-order valence-corrected chi connectivity index (χ3v) is 5.43. The minimum Gasteiger partial charge on any atom is -0.328 e. The van der Waals surface area contributed by atoms with E-state index < -0.39 is 0 Å². The zero-order valence-electron chi connectivity index (χ0n) is 14.3. The molecule has 0 bridgehead atoms. The lowest BCUT2D eigenvalue weighted by atomic mass is 9.73. The van der Waals surface area contributed by atoms with Crippen LogP contribution < -0.4 is 5.32 Å². The molecule has 1 aliphatic carbocycles. The lowest BCUT2D eigenvalue weighted by Crippen LogP contribution is -2.36. The molecule has 130 valence electrons. The number of hydrogen-bond donors (Lipinski definition) is 1. The van der Waals surface area contributed by atoms with E-state index in [1.807, 2.05) is 35.2 Å². The van der Waals surface area contributed by atoms with Crippen molar-refractivity contribution in [2.75, 3.05) is 11.6 Å². The van der Waals surface area contributed by atoms with Gasteiger partial charge in [-0.05, 0) is 35.8 Å². The number of rotatable bonds is 2. The number of fused-ring (bicyclic) bond motifs is 1. The molecular weight excluding hydrogens is 356 g/mol. The molecule has 1 aromatic heterocycles. The molecule has 2 aromatic rings.